The highest BCUT2D eigenvalue weighted by molar-refractivity contribution is 5.99. The third-order valence-electron chi connectivity index (χ3n) is 4.10. The number of carbonyl (C=O) groups is 4. The van der Waals surface area contributed by atoms with Gasteiger partial charge < -0.3 is 15.4 Å². The van der Waals surface area contributed by atoms with Crippen LogP contribution in [-0.4, -0.2) is 41.5 Å². The van der Waals surface area contributed by atoms with Gasteiger partial charge in [0, 0.05) is 11.1 Å². The third-order valence-corrected chi connectivity index (χ3v) is 4.10. The van der Waals surface area contributed by atoms with Crippen LogP contribution >= 0.6 is 0 Å². The van der Waals surface area contributed by atoms with Gasteiger partial charge in [0.25, 0.3) is 11.8 Å². The summed E-state index contributed by atoms with van der Waals surface area (Å²) < 4.78 is 5.06. The van der Waals surface area contributed by atoms with Gasteiger partial charge in [-0.2, -0.15) is 0 Å². The summed E-state index contributed by atoms with van der Waals surface area (Å²) in [7, 11) is 0. The molecule has 0 aliphatic heterocycles. The molecule has 0 saturated heterocycles. The van der Waals surface area contributed by atoms with Crippen molar-refractivity contribution in [2.24, 2.45) is 0 Å². The number of urea groups is 1. The number of nitrogens with one attached hydrogen (secondary N) is 3. The number of hydrogen-bond donors (Lipinski definition) is 3. The van der Waals surface area contributed by atoms with Gasteiger partial charge in [0.2, 0.25) is 0 Å². The first-order chi connectivity index (χ1) is 13.6. The van der Waals surface area contributed by atoms with Crippen molar-refractivity contribution in [2.45, 2.75) is 78.5 Å². The van der Waals surface area contributed by atoms with Crippen molar-refractivity contribution < 1.29 is 23.9 Å². The molecule has 0 heterocycles. The minimum absolute atomic E-state index is 0.0351. The Hall–Kier alpha value is -2.90. The molecule has 0 unspecified atom stereocenters. The number of amides is 4. The molecule has 0 aromatic heterocycles. The van der Waals surface area contributed by atoms with Crippen molar-refractivity contribution in [3.63, 3.8) is 0 Å². The van der Waals surface area contributed by atoms with Crippen molar-refractivity contribution in [3.8, 4) is 0 Å². The molecule has 30 heavy (non-hydrogen) atoms. The lowest BCUT2D eigenvalue weighted by atomic mass is 9.86. The largest absolute Gasteiger partial charge is 0.451 e. The molecule has 3 N–H and O–H groups in total. The number of carbonyl (C=O) groups excluding carboxylic acids is 4. The van der Waals surface area contributed by atoms with Gasteiger partial charge in [-0.05, 0) is 57.7 Å². The van der Waals surface area contributed by atoms with Crippen LogP contribution in [0.5, 0.6) is 0 Å². The summed E-state index contributed by atoms with van der Waals surface area (Å²) in [4.78, 5) is 48.3. The van der Waals surface area contributed by atoms with Crippen molar-refractivity contribution in [3.05, 3.63) is 35.4 Å². The molecule has 1 aromatic rings. The number of rotatable bonds is 5. The predicted molar refractivity (Wildman–Crippen MR) is 114 cm³/mol. The zero-order valence-electron chi connectivity index (χ0n) is 19.0. The molecular formula is C22H33N3O5. The standard InChI is InChI=1S/C22H33N3O5/c1-13(23-18(27)15-9-11-16(12-10-15)21(3,4)5)19(28)30-14(2)17(26)24-20(29)25-22(6,7)8/h9-14H,1-8H3,(H,23,27)(H2,24,25,26,29)/t13-,14+/m0/s1. The van der Waals surface area contributed by atoms with Gasteiger partial charge >= 0.3 is 12.0 Å². The second-order valence-corrected chi connectivity index (χ2v) is 9.29. The highest BCUT2D eigenvalue weighted by Crippen LogP contribution is 2.22. The highest BCUT2D eigenvalue weighted by atomic mass is 16.5. The van der Waals surface area contributed by atoms with Crippen LogP contribution in [0.3, 0.4) is 0 Å². The lowest BCUT2D eigenvalue weighted by Crippen LogP contribution is -2.51. The van der Waals surface area contributed by atoms with Crippen molar-refractivity contribution in [1.82, 2.24) is 16.0 Å². The smallest absolute Gasteiger partial charge is 0.329 e. The molecular weight excluding hydrogens is 386 g/mol. The van der Waals surface area contributed by atoms with Crippen molar-refractivity contribution in [2.75, 3.05) is 0 Å². The minimum Gasteiger partial charge on any atom is -0.451 e. The van der Waals surface area contributed by atoms with Gasteiger partial charge in [0.15, 0.2) is 6.10 Å². The number of benzene rings is 1. The molecule has 166 valence electrons. The van der Waals surface area contributed by atoms with E-state index in [4.69, 9.17) is 4.74 Å². The molecule has 0 spiro atoms. The maximum Gasteiger partial charge on any atom is 0.329 e. The Morgan fingerprint density at radius 1 is 0.900 bits per heavy atom. The molecule has 4 amide bonds. The van der Waals surface area contributed by atoms with E-state index in [1.165, 1.54) is 13.8 Å². The van der Waals surface area contributed by atoms with Gasteiger partial charge in [0.05, 0.1) is 0 Å². The predicted octanol–water partition coefficient (Wildman–Crippen LogP) is 2.66. The molecule has 0 saturated carbocycles. The van der Waals surface area contributed by atoms with E-state index in [9.17, 15) is 19.2 Å². The summed E-state index contributed by atoms with van der Waals surface area (Å²) in [6.45, 7) is 14.3. The Morgan fingerprint density at radius 3 is 1.90 bits per heavy atom. The van der Waals surface area contributed by atoms with E-state index >= 15 is 0 Å². The topological polar surface area (TPSA) is 114 Å². The van der Waals surface area contributed by atoms with Crippen molar-refractivity contribution in [1.29, 1.82) is 0 Å². The van der Waals surface area contributed by atoms with Crippen LogP contribution in [0.2, 0.25) is 0 Å². The Balaban J connectivity index is 2.60. The normalized spacial score (nSPS) is 13.6. The van der Waals surface area contributed by atoms with E-state index in [2.05, 4.69) is 36.7 Å². The Kier molecular flexibility index (Phi) is 8.16. The van der Waals surface area contributed by atoms with Gasteiger partial charge in [-0.25, -0.2) is 9.59 Å². The summed E-state index contributed by atoms with van der Waals surface area (Å²) in [5.74, 6) is -1.98. The maximum absolute atomic E-state index is 12.4. The first kappa shape index (κ1) is 25.1. The first-order valence-electron chi connectivity index (χ1n) is 9.85. The summed E-state index contributed by atoms with van der Waals surface area (Å²) in [6.07, 6.45) is -1.20. The lowest BCUT2D eigenvalue weighted by Gasteiger charge is -2.22. The Morgan fingerprint density at radius 2 is 1.43 bits per heavy atom. The molecule has 1 aromatic carbocycles. The van der Waals surface area contributed by atoms with Gasteiger partial charge in [-0.15, -0.1) is 0 Å². The Labute approximate surface area is 178 Å². The third kappa shape index (κ3) is 8.23. The second-order valence-electron chi connectivity index (χ2n) is 9.29. The minimum atomic E-state index is -1.20. The molecule has 0 radical (unpaired) electrons. The zero-order chi connectivity index (χ0) is 23.3. The quantitative estimate of drug-likeness (QED) is 0.635. The monoisotopic (exact) mass is 419 g/mol. The van der Waals surface area contributed by atoms with Crippen LogP contribution in [0.25, 0.3) is 0 Å². The van der Waals surface area contributed by atoms with Crippen LogP contribution in [0.4, 0.5) is 4.79 Å². The van der Waals surface area contributed by atoms with E-state index in [1.54, 1.807) is 32.9 Å². The molecule has 8 heteroatoms. The van der Waals surface area contributed by atoms with E-state index in [0.717, 1.165) is 5.56 Å². The molecule has 0 aliphatic rings. The number of esters is 1. The van der Waals surface area contributed by atoms with Crippen LogP contribution < -0.4 is 16.0 Å². The average Bonchev–Trinajstić information content (AvgIpc) is 2.59. The van der Waals surface area contributed by atoms with Crippen LogP contribution in [0.15, 0.2) is 24.3 Å². The summed E-state index contributed by atoms with van der Waals surface area (Å²) in [5, 5.41) is 7.23. The van der Waals surface area contributed by atoms with E-state index in [0.29, 0.717) is 5.56 Å². The Bertz CT molecular complexity index is 788. The molecule has 0 fully saturated rings. The lowest BCUT2D eigenvalue weighted by molar-refractivity contribution is -0.155. The van der Waals surface area contributed by atoms with Crippen molar-refractivity contribution >= 4 is 23.8 Å². The molecule has 1 rings (SSSR count). The SMILES string of the molecule is C[C@H](NC(=O)c1ccc(C(C)(C)C)cc1)C(=O)O[C@H](C)C(=O)NC(=O)NC(C)(C)C. The molecule has 2 atom stereocenters. The van der Waals surface area contributed by atoms with E-state index < -0.39 is 41.5 Å². The summed E-state index contributed by atoms with van der Waals surface area (Å²) in [6, 6.07) is 5.46. The van der Waals surface area contributed by atoms with Crippen LogP contribution in [-0.2, 0) is 19.7 Å². The molecule has 0 bridgehead atoms. The number of hydrogen-bond acceptors (Lipinski definition) is 5. The number of ether oxygens (including phenoxy) is 1. The van der Waals surface area contributed by atoms with Crippen LogP contribution in [0, 0.1) is 0 Å². The van der Waals surface area contributed by atoms with Crippen LogP contribution in [0.1, 0.15) is 71.3 Å². The molecule has 8 nitrogen and oxygen atoms in total. The van der Waals surface area contributed by atoms with Gasteiger partial charge in [-0.3, -0.25) is 14.9 Å². The van der Waals surface area contributed by atoms with E-state index in [1.807, 2.05) is 12.1 Å². The zero-order valence-corrected chi connectivity index (χ0v) is 19.0. The van der Waals surface area contributed by atoms with Gasteiger partial charge in [-0.1, -0.05) is 32.9 Å². The second kappa shape index (κ2) is 9.73. The average molecular weight is 420 g/mol. The maximum atomic E-state index is 12.4. The fraction of sp³-hybridized carbons (Fsp3) is 0.545. The van der Waals surface area contributed by atoms with Gasteiger partial charge in [0.1, 0.15) is 6.04 Å². The highest BCUT2D eigenvalue weighted by Gasteiger charge is 2.25. The number of imide groups is 1. The summed E-state index contributed by atoms with van der Waals surface area (Å²) >= 11 is 0. The first-order valence-corrected chi connectivity index (χ1v) is 9.85. The van der Waals surface area contributed by atoms with E-state index in [-0.39, 0.29) is 5.41 Å². The molecule has 0 aliphatic carbocycles. The summed E-state index contributed by atoms with van der Waals surface area (Å²) in [5.41, 5.74) is 0.940. The fourth-order valence-corrected chi connectivity index (χ4v) is 2.38. The fourth-order valence-electron chi connectivity index (χ4n) is 2.38.